The third-order valence-electron chi connectivity index (χ3n) is 4.62. The molecule has 0 aromatic carbocycles. The number of nitrogens with zero attached hydrogens (tertiary/aromatic N) is 3. The van der Waals surface area contributed by atoms with Gasteiger partial charge in [0.25, 0.3) is 0 Å². The molecule has 7 nitrogen and oxygen atoms in total. The Kier molecular flexibility index (Phi) is 15.4. The monoisotopic (exact) mass is 740 g/mol. The van der Waals surface area contributed by atoms with Crippen molar-refractivity contribution in [3.05, 3.63) is 64.8 Å². The number of hydrogen-bond acceptors (Lipinski definition) is 7. The maximum atomic E-state index is 13.1. The minimum absolute atomic E-state index is 0. The second-order valence-corrected chi connectivity index (χ2v) is 8.99. The number of carbonyl (C=O) groups excluding carboxylic acids is 1. The van der Waals surface area contributed by atoms with Crippen molar-refractivity contribution in [1.29, 1.82) is 0 Å². The summed E-state index contributed by atoms with van der Waals surface area (Å²) in [7, 11) is 1.55. The molecule has 1 N–H and O–H groups in total. The fourth-order valence-electron chi connectivity index (χ4n) is 2.98. The molecule has 10 heteroatoms. The molecule has 0 spiro atoms. The second kappa shape index (κ2) is 17.0. The Labute approximate surface area is 240 Å². The van der Waals surface area contributed by atoms with Crippen LogP contribution in [0.15, 0.2) is 41.6 Å². The van der Waals surface area contributed by atoms with Gasteiger partial charge < -0.3 is 21.7 Å². The second-order valence-electron chi connectivity index (χ2n) is 7.83. The third-order valence-corrected chi connectivity index (χ3v) is 5.38. The predicted molar refractivity (Wildman–Crippen MR) is 138 cm³/mol. The van der Waals surface area contributed by atoms with Crippen LogP contribution >= 0.6 is 22.9 Å². The summed E-state index contributed by atoms with van der Waals surface area (Å²) in [5, 5.41) is 10.9. The van der Waals surface area contributed by atoms with E-state index in [1.54, 1.807) is 19.4 Å². The zero-order chi connectivity index (χ0) is 24.9. The zero-order valence-electron chi connectivity index (χ0n) is 20.6. The standard InChI is InChI=1S/C20H22ClN4O2S.C5H9O.U/c1-5-6-7-8-14(19(26)24-20-25-23-12-28-20)15(9-13(2)3)16-10-18(21)22-11-17(16)27-4;1-5-2-3-6-4-5;/h7-11H,5-6H2,1-4H3,(H,24,25,26);5H,1-4H2;/q2*-1;+2/b8-7+,15-14-;;/t;5-;/m.1./s1. The van der Waals surface area contributed by atoms with Crippen molar-refractivity contribution >= 4 is 39.5 Å². The van der Waals surface area contributed by atoms with Gasteiger partial charge in [-0.3, -0.25) is 21.2 Å². The number of allylic oxidation sites excluding steroid dienone is 4. The van der Waals surface area contributed by atoms with Crippen LogP contribution < -0.4 is 10.1 Å². The molecule has 186 valence electrons. The molecule has 1 aliphatic rings. The Bertz CT molecular complexity index is 1020. The summed E-state index contributed by atoms with van der Waals surface area (Å²) in [5.41, 5.74) is 5.46. The van der Waals surface area contributed by atoms with Gasteiger partial charge in [0, 0.05) is 24.4 Å². The first-order chi connectivity index (χ1) is 16.3. The van der Waals surface area contributed by atoms with E-state index < -0.39 is 0 Å². The van der Waals surface area contributed by atoms with Crippen LogP contribution in [-0.2, 0) is 9.53 Å². The largest absolute Gasteiger partial charge is 2.00 e. The number of rotatable bonds is 8. The summed E-state index contributed by atoms with van der Waals surface area (Å²) < 4.78 is 10.5. The number of amides is 1. The molecule has 2 aromatic heterocycles. The van der Waals surface area contributed by atoms with Crippen LogP contribution in [0.3, 0.4) is 0 Å². The van der Waals surface area contributed by atoms with E-state index in [0.29, 0.717) is 38.7 Å². The van der Waals surface area contributed by atoms with Gasteiger partial charge in [0.2, 0.25) is 5.91 Å². The summed E-state index contributed by atoms with van der Waals surface area (Å²) in [5.74, 6) is 0.792. The molecular weight excluding hydrogens is 710 g/mol. The molecule has 1 aliphatic heterocycles. The molecule has 1 amide bonds. The SMILES string of the molecule is CCC/C=C/C(C(=O)Nc1nn[c-]s1)=C(\C=C(C)C)c1cc(Cl)ncc1OC.[CH2-][C@@H]1CCOC1.[U+2]. The van der Waals surface area contributed by atoms with Crippen molar-refractivity contribution in [2.75, 3.05) is 25.6 Å². The van der Waals surface area contributed by atoms with E-state index >= 15 is 0 Å². The number of aromatic nitrogens is 3. The minimum Gasteiger partial charge on any atom is -0.494 e. The van der Waals surface area contributed by atoms with Gasteiger partial charge in [0.15, 0.2) is 0 Å². The molecule has 3 heterocycles. The van der Waals surface area contributed by atoms with Gasteiger partial charge in [-0.1, -0.05) is 60.7 Å². The van der Waals surface area contributed by atoms with E-state index in [9.17, 15) is 4.79 Å². The number of unbranched alkanes of at least 4 members (excludes halogenated alkanes) is 1. The molecule has 1 fully saturated rings. The van der Waals surface area contributed by atoms with Gasteiger partial charge in [-0.05, 0) is 31.9 Å². The van der Waals surface area contributed by atoms with Crippen molar-refractivity contribution in [1.82, 2.24) is 15.2 Å². The van der Waals surface area contributed by atoms with E-state index in [4.69, 9.17) is 21.1 Å². The first kappa shape index (κ1) is 31.5. The maximum Gasteiger partial charge on any atom is 2.00 e. The van der Waals surface area contributed by atoms with Crippen molar-refractivity contribution in [2.45, 2.75) is 40.0 Å². The smallest absolute Gasteiger partial charge is 0.494 e. The molecule has 0 radical (unpaired) electrons. The van der Waals surface area contributed by atoms with Crippen LogP contribution in [0.4, 0.5) is 5.13 Å². The predicted octanol–water partition coefficient (Wildman–Crippen LogP) is 5.97. The van der Waals surface area contributed by atoms with Crippen LogP contribution in [-0.4, -0.2) is 41.4 Å². The average molecular weight is 741 g/mol. The van der Waals surface area contributed by atoms with Crippen molar-refractivity contribution in [2.24, 2.45) is 5.92 Å². The van der Waals surface area contributed by atoms with Gasteiger partial charge in [0.1, 0.15) is 10.9 Å². The summed E-state index contributed by atoms with van der Waals surface area (Å²) in [6, 6.07) is 1.69. The van der Waals surface area contributed by atoms with Gasteiger partial charge in [-0.15, -0.1) is 5.92 Å². The molecule has 0 unspecified atom stereocenters. The Hall–Kier alpha value is -1.50. The van der Waals surface area contributed by atoms with Crippen LogP contribution in [0.2, 0.25) is 5.15 Å². The summed E-state index contributed by atoms with van der Waals surface area (Å²) >= 11 is 7.26. The van der Waals surface area contributed by atoms with Gasteiger partial charge in [-0.2, -0.15) is 0 Å². The quantitative estimate of drug-likeness (QED) is 0.156. The van der Waals surface area contributed by atoms with E-state index in [0.717, 1.165) is 49.4 Å². The number of methoxy groups -OCH3 is 1. The Balaban J connectivity index is 0.000000761. The van der Waals surface area contributed by atoms with Gasteiger partial charge in [0.05, 0.1) is 18.4 Å². The summed E-state index contributed by atoms with van der Waals surface area (Å²) in [6.45, 7) is 11.6. The normalized spacial score (nSPS) is 15.4. The summed E-state index contributed by atoms with van der Waals surface area (Å²) in [4.78, 5) is 17.1. The maximum absolute atomic E-state index is 13.1. The van der Waals surface area contributed by atoms with E-state index in [-0.39, 0.29) is 37.0 Å². The molecule has 1 saturated heterocycles. The number of ether oxygens (including phenoxy) is 2. The molecule has 1 atom stereocenters. The molecular formula is C25H31ClN4O3SU. The van der Waals surface area contributed by atoms with Crippen LogP contribution in [0.5, 0.6) is 5.75 Å². The van der Waals surface area contributed by atoms with Gasteiger partial charge in [-0.25, -0.2) is 10.1 Å². The fourth-order valence-corrected chi connectivity index (χ4v) is 3.53. The third kappa shape index (κ3) is 11.0. The fraction of sp³-hybridized carbons (Fsp3) is 0.400. The number of nitrogens with one attached hydrogen (secondary N) is 1. The molecule has 2 aromatic rings. The summed E-state index contributed by atoms with van der Waals surface area (Å²) in [6.07, 6.45) is 10.2. The number of carbonyl (C=O) groups is 1. The van der Waals surface area contributed by atoms with Crippen LogP contribution in [0.1, 0.15) is 45.6 Å². The molecule has 0 saturated carbocycles. The number of halogens is 1. The van der Waals surface area contributed by atoms with Crippen molar-refractivity contribution in [3.63, 3.8) is 0 Å². The molecule has 3 rings (SSSR count). The van der Waals surface area contributed by atoms with Crippen LogP contribution in [0, 0.1) is 49.5 Å². The Morgan fingerprint density at radius 3 is 2.74 bits per heavy atom. The molecule has 35 heavy (non-hydrogen) atoms. The van der Waals surface area contributed by atoms with Crippen molar-refractivity contribution < 1.29 is 45.4 Å². The molecule has 0 bridgehead atoms. The van der Waals surface area contributed by atoms with Gasteiger partial charge >= 0.3 is 31.1 Å². The topological polar surface area (TPSA) is 86.2 Å². The number of hydrogen-bond donors (Lipinski definition) is 1. The Morgan fingerprint density at radius 1 is 1.46 bits per heavy atom. The van der Waals surface area contributed by atoms with Crippen molar-refractivity contribution in [3.8, 4) is 5.75 Å². The average Bonchev–Trinajstić information content (AvgIpc) is 3.49. The number of anilines is 1. The minimum atomic E-state index is -0.306. The van der Waals surface area contributed by atoms with E-state index in [2.05, 4.69) is 39.9 Å². The zero-order valence-corrected chi connectivity index (χ0v) is 26.3. The van der Waals surface area contributed by atoms with E-state index in [1.807, 2.05) is 32.1 Å². The Morgan fingerprint density at radius 2 is 2.23 bits per heavy atom. The van der Waals surface area contributed by atoms with E-state index in [1.165, 1.54) is 0 Å². The first-order valence-electron chi connectivity index (χ1n) is 11.0. The molecule has 0 aliphatic carbocycles. The number of pyridine rings is 1. The first-order valence-corrected chi connectivity index (χ1v) is 12.2. The van der Waals surface area contributed by atoms with Crippen LogP contribution in [0.25, 0.3) is 5.57 Å².